The van der Waals surface area contributed by atoms with Crippen LogP contribution in [0.15, 0.2) is 54.7 Å². The van der Waals surface area contributed by atoms with Crippen LogP contribution in [-0.2, 0) is 18.0 Å². The van der Waals surface area contributed by atoms with Crippen molar-refractivity contribution in [2.24, 2.45) is 0 Å². The number of hydrogen-bond acceptors (Lipinski definition) is 3. The molecule has 0 radical (unpaired) electrons. The Morgan fingerprint density at radius 2 is 1.90 bits per heavy atom. The molecule has 2 aromatic heterocycles. The molecule has 0 unspecified atom stereocenters. The normalized spacial score (nSPS) is 10.9. The summed E-state index contributed by atoms with van der Waals surface area (Å²) in [7, 11) is 0. The molecule has 0 bridgehead atoms. The second-order valence-corrected chi connectivity index (χ2v) is 4.64. The number of aromatic nitrogens is 2. The summed E-state index contributed by atoms with van der Waals surface area (Å²) in [6.07, 6.45) is 1.36. The first-order valence-electron chi connectivity index (χ1n) is 6.56. The van der Waals surface area contributed by atoms with Gasteiger partial charge in [-0.1, -0.05) is 36.4 Å². The zero-order valence-corrected chi connectivity index (χ0v) is 11.3. The Bertz CT molecular complexity index is 766. The number of hydrogen-bond donors (Lipinski definition) is 1. The zero-order valence-electron chi connectivity index (χ0n) is 11.3. The number of ether oxygens (including phenoxy) is 1. The second-order valence-electron chi connectivity index (χ2n) is 4.64. The molecule has 3 rings (SSSR count). The summed E-state index contributed by atoms with van der Waals surface area (Å²) in [5.74, 6) is -1.00. The number of fused-ring (bicyclic) bond motifs is 1. The molecule has 0 saturated heterocycles. The zero-order chi connectivity index (χ0) is 14.7. The molecule has 0 atom stereocenters. The van der Waals surface area contributed by atoms with E-state index in [1.165, 1.54) is 6.20 Å². The molecule has 5 heteroatoms. The van der Waals surface area contributed by atoms with Gasteiger partial charge in [0.1, 0.15) is 5.65 Å². The maximum Gasteiger partial charge on any atom is 0.354 e. The number of carbonyl (C=O) groups is 1. The van der Waals surface area contributed by atoms with Gasteiger partial charge in [-0.05, 0) is 17.7 Å². The first-order valence-corrected chi connectivity index (χ1v) is 6.56. The Hall–Kier alpha value is -2.66. The first kappa shape index (κ1) is 13.3. The fourth-order valence-electron chi connectivity index (χ4n) is 2.22. The molecule has 0 saturated carbocycles. The average molecular weight is 282 g/mol. The third-order valence-corrected chi connectivity index (χ3v) is 3.19. The minimum Gasteiger partial charge on any atom is -0.477 e. The van der Waals surface area contributed by atoms with Crippen LogP contribution in [0, 0.1) is 0 Å². The highest BCUT2D eigenvalue weighted by Crippen LogP contribution is 2.13. The van der Waals surface area contributed by atoms with Crippen molar-refractivity contribution in [2.45, 2.75) is 13.2 Å². The molecule has 1 aromatic carbocycles. The van der Waals surface area contributed by atoms with Gasteiger partial charge in [-0.25, -0.2) is 9.78 Å². The molecule has 0 aliphatic carbocycles. The summed E-state index contributed by atoms with van der Waals surface area (Å²) in [4.78, 5) is 15.3. The van der Waals surface area contributed by atoms with Crippen LogP contribution in [0.2, 0.25) is 0 Å². The Morgan fingerprint density at radius 3 is 2.67 bits per heavy atom. The molecular weight excluding hydrogens is 268 g/mol. The van der Waals surface area contributed by atoms with Crippen molar-refractivity contribution in [1.29, 1.82) is 0 Å². The van der Waals surface area contributed by atoms with E-state index in [1.54, 1.807) is 10.5 Å². The van der Waals surface area contributed by atoms with Crippen molar-refractivity contribution >= 4 is 11.6 Å². The minimum absolute atomic E-state index is 0.143. The van der Waals surface area contributed by atoms with Crippen molar-refractivity contribution < 1.29 is 14.6 Å². The van der Waals surface area contributed by atoms with Crippen LogP contribution in [0.3, 0.4) is 0 Å². The topological polar surface area (TPSA) is 63.8 Å². The maximum absolute atomic E-state index is 11.2. The van der Waals surface area contributed by atoms with Crippen molar-refractivity contribution in [2.75, 3.05) is 0 Å². The van der Waals surface area contributed by atoms with E-state index in [-0.39, 0.29) is 5.69 Å². The number of nitrogens with zero attached hydrogens (tertiary/aromatic N) is 2. The largest absolute Gasteiger partial charge is 0.477 e. The fourth-order valence-corrected chi connectivity index (χ4v) is 2.22. The highest BCUT2D eigenvalue weighted by Gasteiger charge is 2.13. The quantitative estimate of drug-likeness (QED) is 0.781. The number of benzene rings is 1. The van der Waals surface area contributed by atoms with E-state index in [0.717, 1.165) is 11.3 Å². The number of pyridine rings is 1. The highest BCUT2D eigenvalue weighted by atomic mass is 16.5. The highest BCUT2D eigenvalue weighted by molar-refractivity contribution is 5.86. The van der Waals surface area contributed by atoms with E-state index in [1.807, 2.05) is 42.5 Å². The van der Waals surface area contributed by atoms with Crippen LogP contribution in [0.5, 0.6) is 0 Å². The van der Waals surface area contributed by atoms with E-state index in [2.05, 4.69) is 4.98 Å². The first-order chi connectivity index (χ1) is 10.3. The second kappa shape index (κ2) is 5.76. The summed E-state index contributed by atoms with van der Waals surface area (Å²) >= 11 is 0. The van der Waals surface area contributed by atoms with Gasteiger partial charge in [0.25, 0.3) is 0 Å². The summed E-state index contributed by atoms with van der Waals surface area (Å²) in [6, 6.07) is 15.3. The number of aromatic carboxylic acids is 1. The lowest BCUT2D eigenvalue weighted by molar-refractivity contribution is 0.0686. The van der Waals surface area contributed by atoms with E-state index in [0.29, 0.717) is 18.9 Å². The van der Waals surface area contributed by atoms with Crippen molar-refractivity contribution in [3.63, 3.8) is 0 Å². The lowest BCUT2D eigenvalue weighted by Gasteiger charge is -2.08. The predicted octanol–water partition coefficient (Wildman–Crippen LogP) is 2.75. The van der Waals surface area contributed by atoms with Crippen LogP contribution in [0.1, 0.15) is 21.7 Å². The van der Waals surface area contributed by atoms with Gasteiger partial charge in [-0.15, -0.1) is 0 Å². The van der Waals surface area contributed by atoms with E-state index < -0.39 is 5.97 Å². The monoisotopic (exact) mass is 282 g/mol. The van der Waals surface area contributed by atoms with Crippen LogP contribution in [0.4, 0.5) is 0 Å². The summed E-state index contributed by atoms with van der Waals surface area (Å²) in [5.41, 5.74) is 2.59. The minimum atomic E-state index is -1.00. The smallest absolute Gasteiger partial charge is 0.354 e. The molecule has 3 aromatic rings. The van der Waals surface area contributed by atoms with Gasteiger partial charge in [0, 0.05) is 0 Å². The third kappa shape index (κ3) is 2.78. The summed E-state index contributed by atoms with van der Waals surface area (Å²) in [5, 5.41) is 9.20. The molecule has 2 heterocycles. The Balaban J connectivity index is 1.80. The molecule has 1 N–H and O–H groups in total. The molecule has 0 aliphatic rings. The molecule has 0 spiro atoms. The van der Waals surface area contributed by atoms with Crippen molar-refractivity contribution in [3.8, 4) is 0 Å². The van der Waals surface area contributed by atoms with Gasteiger partial charge in [0.2, 0.25) is 0 Å². The standard InChI is InChI=1S/C16H14N2O3/c19-16(20)14-9-17-15-8-4-7-13(18(14)15)11-21-10-12-5-2-1-3-6-12/h1-9H,10-11H2,(H,19,20). The average Bonchev–Trinajstić information content (AvgIpc) is 2.93. The molecule has 0 fully saturated rings. The fraction of sp³-hybridized carbons (Fsp3) is 0.125. The number of carboxylic acids is 1. The maximum atomic E-state index is 11.2. The van der Waals surface area contributed by atoms with E-state index in [4.69, 9.17) is 4.74 Å². The summed E-state index contributed by atoms with van der Waals surface area (Å²) < 4.78 is 7.28. The summed E-state index contributed by atoms with van der Waals surface area (Å²) in [6.45, 7) is 0.803. The molecule has 5 nitrogen and oxygen atoms in total. The Kier molecular flexibility index (Phi) is 3.66. The molecule has 0 aliphatic heterocycles. The number of carboxylic acid groups (broad SMARTS) is 1. The van der Waals surface area contributed by atoms with Gasteiger partial charge in [-0.2, -0.15) is 0 Å². The molecule has 21 heavy (non-hydrogen) atoms. The lowest BCUT2D eigenvalue weighted by Crippen LogP contribution is -2.07. The predicted molar refractivity (Wildman–Crippen MR) is 77.1 cm³/mol. The van der Waals surface area contributed by atoms with Crippen molar-refractivity contribution in [1.82, 2.24) is 9.38 Å². The van der Waals surface area contributed by atoms with E-state index >= 15 is 0 Å². The van der Waals surface area contributed by atoms with Gasteiger partial charge in [0.05, 0.1) is 25.1 Å². The van der Waals surface area contributed by atoms with Crippen LogP contribution in [0.25, 0.3) is 5.65 Å². The van der Waals surface area contributed by atoms with Crippen LogP contribution >= 0.6 is 0 Å². The molecular formula is C16H14N2O3. The van der Waals surface area contributed by atoms with E-state index in [9.17, 15) is 9.90 Å². The SMILES string of the molecule is O=C(O)c1cnc2cccc(COCc3ccccc3)n12. The number of imidazole rings is 1. The van der Waals surface area contributed by atoms with Gasteiger partial charge >= 0.3 is 5.97 Å². The molecule has 0 amide bonds. The van der Waals surface area contributed by atoms with Gasteiger partial charge in [-0.3, -0.25) is 4.40 Å². The number of rotatable bonds is 5. The van der Waals surface area contributed by atoms with Gasteiger partial charge in [0.15, 0.2) is 5.69 Å². The Labute approximate surface area is 121 Å². The van der Waals surface area contributed by atoms with Crippen LogP contribution < -0.4 is 0 Å². The lowest BCUT2D eigenvalue weighted by atomic mass is 10.2. The third-order valence-electron chi connectivity index (χ3n) is 3.19. The Morgan fingerprint density at radius 1 is 1.10 bits per heavy atom. The molecule has 106 valence electrons. The van der Waals surface area contributed by atoms with Crippen molar-refractivity contribution in [3.05, 3.63) is 71.7 Å². The van der Waals surface area contributed by atoms with Gasteiger partial charge < -0.3 is 9.84 Å². The van der Waals surface area contributed by atoms with Crippen LogP contribution in [-0.4, -0.2) is 20.5 Å².